The van der Waals surface area contributed by atoms with Crippen LogP contribution in [0, 0.1) is 0 Å². The third kappa shape index (κ3) is 1.60. The zero-order valence-electron chi connectivity index (χ0n) is 3.28. The summed E-state index contributed by atoms with van der Waals surface area (Å²) in [6.07, 6.45) is 0.400. The first kappa shape index (κ1) is 6.21. The maximum Gasteiger partial charge on any atom is 0.0944 e. The summed E-state index contributed by atoms with van der Waals surface area (Å²) in [7, 11) is 0. The highest BCUT2D eigenvalue weighted by Gasteiger charge is 2.19. The van der Waals surface area contributed by atoms with Crippen LogP contribution in [0.2, 0.25) is 0 Å². The third-order valence-corrected chi connectivity index (χ3v) is 0.919. The molecule has 6 heavy (non-hydrogen) atoms. The molecule has 0 spiro atoms. The monoisotopic (exact) mass is 110 g/mol. The molecule has 0 aromatic rings. The molecule has 0 aromatic carbocycles. The fourth-order valence-electron chi connectivity index (χ4n) is 0.157. The molecule has 0 aromatic heterocycles. The van der Waals surface area contributed by atoms with Crippen LogP contribution in [0.5, 0.6) is 0 Å². The Labute approximate surface area is 41.4 Å². The summed E-state index contributed by atoms with van der Waals surface area (Å²) < 4.78 is 4.73. The summed E-state index contributed by atoms with van der Waals surface area (Å²) in [5.74, 6) is 0.667. The van der Waals surface area contributed by atoms with Gasteiger partial charge in [-0.25, -0.2) is 0 Å². The number of hydrogen-bond acceptors (Lipinski definition) is 1. The Morgan fingerprint density at radius 1 is 1.83 bits per heavy atom. The van der Waals surface area contributed by atoms with Gasteiger partial charge in [0, 0.05) is 0 Å². The Bertz CT molecular complexity index is 35.8. The summed E-state index contributed by atoms with van der Waals surface area (Å²) in [6.45, 7) is 0.878. The van der Waals surface area contributed by atoms with Crippen molar-refractivity contribution in [2.45, 2.75) is 6.10 Å². The molecule has 3 heteroatoms. The number of hydrogen-bond donors (Lipinski definition) is 0. The summed E-state index contributed by atoms with van der Waals surface area (Å²) in [6, 6.07) is 0. The van der Waals surface area contributed by atoms with Crippen LogP contribution >= 0.6 is 11.6 Å². The molecule has 1 heterocycles. The van der Waals surface area contributed by atoms with Crippen LogP contribution in [0.3, 0.4) is 0 Å². The smallest absolute Gasteiger partial charge is 0.0944 e. The maximum atomic E-state index is 5.27. The predicted molar refractivity (Wildman–Crippen MR) is 24.1 cm³/mol. The Morgan fingerprint density at radius 3 is 2.33 bits per heavy atom. The lowest BCUT2D eigenvalue weighted by Gasteiger charge is -1.67. The average Bonchev–Trinajstić information content (AvgIpc) is 2.12. The number of rotatable bonds is 1. The van der Waals surface area contributed by atoms with Crippen molar-refractivity contribution in [1.29, 1.82) is 0 Å². The first-order chi connectivity index (χ1) is 2.43. The van der Waals surface area contributed by atoms with E-state index in [4.69, 9.17) is 16.3 Å². The van der Waals surface area contributed by atoms with E-state index in [2.05, 4.69) is 0 Å². The molecule has 1 saturated heterocycles. The van der Waals surface area contributed by atoms with Gasteiger partial charge in [-0.15, -0.1) is 11.6 Å². The van der Waals surface area contributed by atoms with Crippen molar-refractivity contribution in [1.82, 2.24) is 0 Å². The molecule has 1 atom stereocenters. The standard InChI is InChI=1S/C3H5ClO.H2O/c4-1-3-2-5-3;/h3H,1-2H2;1H2. The minimum absolute atomic E-state index is 0. The van der Waals surface area contributed by atoms with E-state index in [0.717, 1.165) is 6.61 Å². The highest BCUT2D eigenvalue weighted by atomic mass is 35.5. The van der Waals surface area contributed by atoms with Crippen LogP contribution in [-0.4, -0.2) is 24.1 Å². The average molecular weight is 111 g/mol. The minimum Gasteiger partial charge on any atom is -0.412 e. The number of alkyl halides is 1. The van der Waals surface area contributed by atoms with Gasteiger partial charge in [0.15, 0.2) is 0 Å². The van der Waals surface area contributed by atoms with Crippen molar-refractivity contribution < 1.29 is 10.2 Å². The van der Waals surface area contributed by atoms with E-state index in [0.29, 0.717) is 12.0 Å². The van der Waals surface area contributed by atoms with Crippen molar-refractivity contribution in [3.05, 3.63) is 0 Å². The van der Waals surface area contributed by atoms with E-state index >= 15 is 0 Å². The zero-order valence-corrected chi connectivity index (χ0v) is 4.03. The molecule has 0 radical (unpaired) electrons. The predicted octanol–water partition coefficient (Wildman–Crippen LogP) is -0.201. The molecule has 0 amide bonds. The van der Waals surface area contributed by atoms with Crippen LogP contribution in [-0.2, 0) is 4.74 Å². The van der Waals surface area contributed by atoms with Crippen LogP contribution in [0.4, 0.5) is 0 Å². The minimum atomic E-state index is 0. The van der Waals surface area contributed by atoms with Gasteiger partial charge >= 0.3 is 0 Å². The van der Waals surface area contributed by atoms with Crippen LogP contribution in [0.25, 0.3) is 0 Å². The van der Waals surface area contributed by atoms with E-state index in [1.54, 1.807) is 0 Å². The van der Waals surface area contributed by atoms with Crippen molar-refractivity contribution in [3.63, 3.8) is 0 Å². The maximum absolute atomic E-state index is 5.27. The molecule has 2 N–H and O–H groups in total. The second kappa shape index (κ2) is 2.39. The van der Waals surface area contributed by atoms with Gasteiger partial charge in [0.1, 0.15) is 0 Å². The first-order valence-corrected chi connectivity index (χ1v) is 2.14. The van der Waals surface area contributed by atoms with E-state index in [1.807, 2.05) is 0 Å². The van der Waals surface area contributed by atoms with Gasteiger partial charge in [-0.2, -0.15) is 0 Å². The van der Waals surface area contributed by atoms with Gasteiger partial charge in [0.05, 0.1) is 18.6 Å². The van der Waals surface area contributed by atoms with Crippen molar-refractivity contribution in [2.75, 3.05) is 12.5 Å². The Morgan fingerprint density at radius 2 is 2.33 bits per heavy atom. The lowest BCUT2D eigenvalue weighted by Crippen LogP contribution is -1.80. The Balaban J connectivity index is 0.000000250. The molecule has 0 saturated carbocycles. The molecule has 1 rings (SSSR count). The Hall–Kier alpha value is 0.210. The summed E-state index contributed by atoms with van der Waals surface area (Å²) in [5, 5.41) is 0. The summed E-state index contributed by atoms with van der Waals surface area (Å²) in [5.41, 5.74) is 0. The normalized spacial score (nSPS) is 28.5. The van der Waals surface area contributed by atoms with Crippen molar-refractivity contribution in [3.8, 4) is 0 Å². The number of ether oxygens (including phenoxy) is 1. The van der Waals surface area contributed by atoms with E-state index < -0.39 is 0 Å². The molecule has 1 unspecified atom stereocenters. The Kier molecular flexibility index (Phi) is 2.48. The third-order valence-electron chi connectivity index (χ3n) is 0.574. The van der Waals surface area contributed by atoms with Gasteiger partial charge in [-0.3, -0.25) is 0 Å². The molecule has 38 valence electrons. The van der Waals surface area contributed by atoms with Gasteiger partial charge in [-0.05, 0) is 0 Å². The van der Waals surface area contributed by atoms with Crippen LogP contribution in [0.15, 0.2) is 0 Å². The van der Waals surface area contributed by atoms with Gasteiger partial charge in [-0.1, -0.05) is 0 Å². The first-order valence-electron chi connectivity index (χ1n) is 1.61. The SMILES string of the molecule is ClCC1CO1.O. The van der Waals surface area contributed by atoms with Crippen LogP contribution in [0.1, 0.15) is 0 Å². The molecule has 0 aliphatic carbocycles. The molecule has 1 aliphatic heterocycles. The molecule has 1 aliphatic rings. The van der Waals surface area contributed by atoms with Crippen LogP contribution < -0.4 is 0 Å². The molecule has 0 bridgehead atoms. The topological polar surface area (TPSA) is 44.0 Å². The molecule has 1 fully saturated rings. The second-order valence-corrected chi connectivity index (χ2v) is 1.42. The number of halogens is 1. The molecular weight excluding hydrogens is 103 g/mol. The summed E-state index contributed by atoms with van der Waals surface area (Å²) in [4.78, 5) is 0. The lowest BCUT2D eigenvalue weighted by atomic mass is 10.6. The highest BCUT2D eigenvalue weighted by Crippen LogP contribution is 2.08. The highest BCUT2D eigenvalue weighted by molar-refractivity contribution is 6.18. The largest absolute Gasteiger partial charge is 0.412 e. The van der Waals surface area contributed by atoms with Gasteiger partial charge in [0.25, 0.3) is 0 Å². The quantitative estimate of drug-likeness (QED) is 0.341. The zero-order chi connectivity index (χ0) is 3.70. The van der Waals surface area contributed by atoms with Crippen molar-refractivity contribution in [2.24, 2.45) is 0 Å². The summed E-state index contributed by atoms with van der Waals surface area (Å²) >= 11 is 5.27. The van der Waals surface area contributed by atoms with Gasteiger partial charge in [0.2, 0.25) is 0 Å². The van der Waals surface area contributed by atoms with E-state index in [1.165, 1.54) is 0 Å². The van der Waals surface area contributed by atoms with Gasteiger partial charge < -0.3 is 10.2 Å². The number of epoxide rings is 1. The molecule has 2 nitrogen and oxygen atoms in total. The second-order valence-electron chi connectivity index (χ2n) is 1.11. The van der Waals surface area contributed by atoms with Crippen molar-refractivity contribution >= 4 is 11.6 Å². The fourth-order valence-corrected chi connectivity index (χ4v) is 0.335. The van der Waals surface area contributed by atoms with E-state index in [9.17, 15) is 0 Å². The molecular formula is C3H7ClO2. The fraction of sp³-hybridized carbons (Fsp3) is 1.00. The lowest BCUT2D eigenvalue weighted by molar-refractivity contribution is 0.425. The van der Waals surface area contributed by atoms with E-state index in [-0.39, 0.29) is 5.48 Å².